The van der Waals surface area contributed by atoms with Crippen LogP contribution in [0.3, 0.4) is 0 Å². The lowest BCUT2D eigenvalue weighted by molar-refractivity contribution is -0.123. The van der Waals surface area contributed by atoms with Gasteiger partial charge in [0.15, 0.2) is 6.61 Å². The average molecular weight is 430 g/mol. The number of hydrogen-bond acceptors (Lipinski definition) is 6. The Hall–Kier alpha value is -2.23. The van der Waals surface area contributed by atoms with Crippen molar-refractivity contribution in [2.75, 3.05) is 19.7 Å². The van der Waals surface area contributed by atoms with Crippen molar-refractivity contribution in [3.63, 3.8) is 0 Å². The third kappa shape index (κ3) is 6.74. The largest absolute Gasteiger partial charge is 0.484 e. The highest BCUT2D eigenvalue weighted by molar-refractivity contribution is 7.11. The molecule has 0 aliphatic carbocycles. The van der Waals surface area contributed by atoms with E-state index in [-0.39, 0.29) is 42.8 Å². The maximum Gasteiger partial charge on any atom is 0.271 e. The van der Waals surface area contributed by atoms with Gasteiger partial charge < -0.3 is 20.5 Å². The van der Waals surface area contributed by atoms with Crippen LogP contribution in [0.5, 0.6) is 5.75 Å². The lowest BCUT2D eigenvalue weighted by Crippen LogP contribution is -2.37. The minimum Gasteiger partial charge on any atom is -0.484 e. The van der Waals surface area contributed by atoms with Crippen LogP contribution < -0.4 is 15.4 Å². The number of aromatic nitrogens is 1. The van der Waals surface area contributed by atoms with Crippen molar-refractivity contribution in [1.82, 2.24) is 15.6 Å². The summed E-state index contributed by atoms with van der Waals surface area (Å²) in [4.78, 5) is 28.8. The first kappa shape index (κ1) is 22.1. The van der Waals surface area contributed by atoms with Gasteiger partial charge in [0.25, 0.3) is 11.8 Å². The number of nitrogens with one attached hydrogen (secondary N) is 2. The molecule has 0 unspecified atom stereocenters. The first-order valence-electron chi connectivity index (χ1n) is 8.51. The Labute approximate surface area is 170 Å². The molecule has 0 bridgehead atoms. The molecular weight excluding hydrogens is 409 g/mol. The van der Waals surface area contributed by atoms with E-state index in [1.165, 1.54) is 23.5 Å². The molecule has 28 heavy (non-hydrogen) atoms. The van der Waals surface area contributed by atoms with Gasteiger partial charge in [-0.25, -0.2) is 9.37 Å². The lowest BCUT2D eigenvalue weighted by Gasteiger charge is -2.13. The number of ether oxygens (including phenoxy) is 1. The number of halogens is 2. The second-order valence-electron chi connectivity index (χ2n) is 6.00. The lowest BCUT2D eigenvalue weighted by atomic mass is 10.2. The molecule has 2 aromatic rings. The molecule has 0 radical (unpaired) electrons. The van der Waals surface area contributed by atoms with Crippen molar-refractivity contribution in [1.29, 1.82) is 0 Å². The van der Waals surface area contributed by atoms with Crippen LogP contribution in [0.4, 0.5) is 4.39 Å². The van der Waals surface area contributed by atoms with Gasteiger partial charge in [-0.2, -0.15) is 0 Å². The van der Waals surface area contributed by atoms with Crippen molar-refractivity contribution < 1.29 is 23.8 Å². The maximum absolute atomic E-state index is 13.3. The summed E-state index contributed by atoms with van der Waals surface area (Å²) >= 11 is 7.01. The molecule has 0 aliphatic heterocycles. The van der Waals surface area contributed by atoms with Crippen molar-refractivity contribution in [2.24, 2.45) is 0 Å². The second kappa shape index (κ2) is 10.4. The van der Waals surface area contributed by atoms with Crippen molar-refractivity contribution >= 4 is 34.8 Å². The van der Waals surface area contributed by atoms with E-state index >= 15 is 0 Å². The van der Waals surface area contributed by atoms with Crippen LogP contribution in [-0.4, -0.2) is 47.7 Å². The highest BCUT2D eigenvalue weighted by Gasteiger charge is 2.14. The summed E-state index contributed by atoms with van der Waals surface area (Å²) < 4.78 is 18.4. The van der Waals surface area contributed by atoms with Gasteiger partial charge in [0.1, 0.15) is 17.3 Å². The van der Waals surface area contributed by atoms with Gasteiger partial charge >= 0.3 is 0 Å². The normalized spacial score (nSPS) is 11.8. The van der Waals surface area contributed by atoms with Gasteiger partial charge in [-0.1, -0.05) is 11.6 Å². The SMILES string of the molecule is Cc1nc(C(=O)NCC[C@@H](O)CNC(=O)COc2ccc(Cl)c(F)c2)c(C)s1. The third-order valence-corrected chi connectivity index (χ3v) is 4.87. The predicted octanol–water partition coefficient (Wildman–Crippen LogP) is 2.23. The predicted molar refractivity (Wildman–Crippen MR) is 104 cm³/mol. The summed E-state index contributed by atoms with van der Waals surface area (Å²) in [6.07, 6.45) is -0.576. The Morgan fingerprint density at radius 3 is 2.75 bits per heavy atom. The van der Waals surface area contributed by atoms with Crippen molar-refractivity contribution in [3.8, 4) is 5.75 Å². The molecule has 0 fully saturated rings. The molecule has 2 rings (SSSR count). The number of carbonyl (C=O) groups excluding carboxylic acids is 2. The minimum atomic E-state index is -0.838. The molecule has 152 valence electrons. The van der Waals surface area contributed by atoms with E-state index in [0.717, 1.165) is 16.0 Å². The zero-order valence-electron chi connectivity index (χ0n) is 15.4. The molecule has 0 saturated carbocycles. The fourth-order valence-electron chi connectivity index (χ4n) is 2.28. The summed E-state index contributed by atoms with van der Waals surface area (Å²) in [6, 6.07) is 3.86. The molecule has 7 nitrogen and oxygen atoms in total. The molecule has 0 saturated heterocycles. The van der Waals surface area contributed by atoms with Crippen LogP contribution in [0, 0.1) is 19.7 Å². The Morgan fingerprint density at radius 1 is 1.36 bits per heavy atom. The number of nitrogens with zero attached hydrogens (tertiary/aromatic N) is 1. The molecule has 2 amide bonds. The molecular formula is C18H21ClFN3O4S. The second-order valence-corrected chi connectivity index (χ2v) is 7.82. The molecule has 1 aromatic heterocycles. The van der Waals surface area contributed by atoms with Gasteiger partial charge in [0.05, 0.1) is 16.1 Å². The number of carbonyl (C=O) groups is 2. The molecule has 3 N–H and O–H groups in total. The first-order valence-corrected chi connectivity index (χ1v) is 9.70. The van der Waals surface area contributed by atoms with Crippen LogP contribution in [0.1, 0.15) is 26.8 Å². The zero-order chi connectivity index (χ0) is 20.7. The average Bonchev–Trinajstić information content (AvgIpc) is 2.99. The summed E-state index contributed by atoms with van der Waals surface area (Å²) in [5.74, 6) is -1.22. The molecule has 0 spiro atoms. The molecule has 0 aliphatic rings. The number of hydrogen-bond donors (Lipinski definition) is 3. The Balaban J connectivity index is 1.64. The number of rotatable bonds is 9. The van der Waals surface area contributed by atoms with Crippen LogP contribution in [0.25, 0.3) is 0 Å². The summed E-state index contributed by atoms with van der Waals surface area (Å²) in [5.41, 5.74) is 0.390. The van der Waals surface area contributed by atoms with Crippen molar-refractivity contribution in [3.05, 3.63) is 44.6 Å². The van der Waals surface area contributed by atoms with Gasteiger partial charge in [-0.15, -0.1) is 11.3 Å². The fourth-order valence-corrected chi connectivity index (χ4v) is 3.21. The summed E-state index contributed by atoms with van der Waals surface area (Å²) in [6.45, 7) is 3.57. The summed E-state index contributed by atoms with van der Waals surface area (Å²) in [5, 5.41) is 15.9. The first-order chi connectivity index (χ1) is 13.3. The molecule has 1 heterocycles. The van der Waals surface area contributed by atoms with E-state index in [1.54, 1.807) is 0 Å². The fraction of sp³-hybridized carbons (Fsp3) is 0.389. The number of aryl methyl sites for hydroxylation is 2. The van der Waals surface area contributed by atoms with E-state index in [2.05, 4.69) is 15.6 Å². The van der Waals surface area contributed by atoms with E-state index in [9.17, 15) is 19.1 Å². The smallest absolute Gasteiger partial charge is 0.271 e. The van der Waals surface area contributed by atoms with Gasteiger partial charge in [0, 0.05) is 24.0 Å². The van der Waals surface area contributed by atoms with Crippen LogP contribution in [0.2, 0.25) is 5.02 Å². The topological polar surface area (TPSA) is 101 Å². The van der Waals surface area contributed by atoms with E-state index in [0.29, 0.717) is 5.69 Å². The Morgan fingerprint density at radius 2 is 2.11 bits per heavy atom. The number of amides is 2. The highest BCUT2D eigenvalue weighted by atomic mass is 35.5. The Bertz CT molecular complexity index is 846. The molecule has 1 atom stereocenters. The number of benzene rings is 1. The van der Waals surface area contributed by atoms with Gasteiger partial charge in [0.2, 0.25) is 0 Å². The Kier molecular flexibility index (Phi) is 8.16. The third-order valence-electron chi connectivity index (χ3n) is 3.68. The van der Waals surface area contributed by atoms with Crippen LogP contribution >= 0.6 is 22.9 Å². The highest BCUT2D eigenvalue weighted by Crippen LogP contribution is 2.20. The van der Waals surface area contributed by atoms with E-state index in [4.69, 9.17) is 16.3 Å². The number of aliphatic hydroxyl groups excluding tert-OH is 1. The minimum absolute atomic E-state index is 0.00186. The van der Waals surface area contributed by atoms with Crippen LogP contribution in [0.15, 0.2) is 18.2 Å². The maximum atomic E-state index is 13.3. The van der Waals surface area contributed by atoms with Crippen LogP contribution in [-0.2, 0) is 4.79 Å². The van der Waals surface area contributed by atoms with E-state index < -0.39 is 17.8 Å². The number of aliphatic hydroxyl groups is 1. The molecule has 10 heteroatoms. The standard InChI is InChI=1S/C18H21ClFN3O4S/c1-10-17(23-11(2)28-10)18(26)21-6-5-12(24)8-22-16(25)9-27-13-3-4-14(19)15(20)7-13/h3-4,7,12,24H,5-6,8-9H2,1-2H3,(H,21,26)(H,22,25)/t12-/m1/s1. The zero-order valence-corrected chi connectivity index (χ0v) is 17.0. The number of thiazole rings is 1. The van der Waals surface area contributed by atoms with Crippen molar-refractivity contribution in [2.45, 2.75) is 26.4 Å². The quantitative estimate of drug-likeness (QED) is 0.567. The molecule has 1 aromatic carbocycles. The monoisotopic (exact) mass is 429 g/mol. The van der Waals surface area contributed by atoms with Gasteiger partial charge in [-0.05, 0) is 32.4 Å². The van der Waals surface area contributed by atoms with Gasteiger partial charge in [-0.3, -0.25) is 9.59 Å². The van der Waals surface area contributed by atoms with E-state index in [1.807, 2.05) is 13.8 Å². The summed E-state index contributed by atoms with van der Waals surface area (Å²) in [7, 11) is 0.